The maximum atomic E-state index is 4.53. The zero-order valence-corrected chi connectivity index (χ0v) is 16.0. The molecule has 2 N–H and O–H groups in total. The van der Waals surface area contributed by atoms with Gasteiger partial charge in [0.2, 0.25) is 5.95 Å². The van der Waals surface area contributed by atoms with Crippen LogP contribution in [0.1, 0.15) is 40.5 Å². The smallest absolute Gasteiger partial charge is 0.224 e. The van der Waals surface area contributed by atoms with E-state index in [1.165, 1.54) is 0 Å². The van der Waals surface area contributed by atoms with Gasteiger partial charge in [-0.25, -0.2) is 4.98 Å². The first-order valence-corrected chi connectivity index (χ1v) is 9.48. The minimum absolute atomic E-state index is 0.711. The van der Waals surface area contributed by atoms with E-state index in [-0.39, 0.29) is 0 Å². The van der Waals surface area contributed by atoms with Crippen molar-refractivity contribution in [3.05, 3.63) is 12.3 Å². The molecule has 0 unspecified atom stereocenters. The summed E-state index contributed by atoms with van der Waals surface area (Å²) >= 11 is 0. The molecule has 1 heterocycles. The second-order valence-electron chi connectivity index (χ2n) is 5.88. The first-order valence-electron chi connectivity index (χ1n) is 9.48. The van der Waals surface area contributed by atoms with Crippen LogP contribution in [0.5, 0.6) is 0 Å². The Labute approximate surface area is 148 Å². The largest absolute Gasteiger partial charge is 0.370 e. The Morgan fingerprint density at radius 3 is 1.92 bits per heavy atom. The van der Waals surface area contributed by atoms with E-state index >= 15 is 0 Å². The Kier molecular flexibility index (Phi) is 11.1. The van der Waals surface area contributed by atoms with Gasteiger partial charge in [0.25, 0.3) is 0 Å². The van der Waals surface area contributed by atoms with Crippen LogP contribution in [0.25, 0.3) is 0 Å². The van der Waals surface area contributed by atoms with Crippen molar-refractivity contribution in [3.8, 4) is 0 Å². The lowest BCUT2D eigenvalue weighted by atomic mass is 10.3. The van der Waals surface area contributed by atoms with Crippen LogP contribution in [0.4, 0.5) is 11.8 Å². The SMILES string of the molecule is CCN(CC)CCCNc1ccnc(NCCCN(CC)CC)n1. The number of aromatic nitrogens is 2. The monoisotopic (exact) mass is 336 g/mol. The second-order valence-corrected chi connectivity index (χ2v) is 5.88. The predicted molar refractivity (Wildman–Crippen MR) is 104 cm³/mol. The standard InChI is InChI=1S/C18H36N6/c1-5-23(6-2)15-9-12-19-17-11-14-21-18(22-17)20-13-10-16-24(7-3)8-4/h11,14H,5-10,12-13,15-16H2,1-4H3,(H2,19,20,21,22). The highest BCUT2D eigenvalue weighted by Crippen LogP contribution is 2.06. The van der Waals surface area contributed by atoms with Crippen molar-refractivity contribution in [1.29, 1.82) is 0 Å². The number of hydrogen-bond acceptors (Lipinski definition) is 6. The summed E-state index contributed by atoms with van der Waals surface area (Å²) in [6.07, 6.45) is 4.04. The molecule has 0 saturated carbocycles. The minimum Gasteiger partial charge on any atom is -0.370 e. The van der Waals surface area contributed by atoms with Crippen LogP contribution < -0.4 is 10.6 Å². The van der Waals surface area contributed by atoms with Crippen LogP contribution in [0.15, 0.2) is 12.3 Å². The maximum absolute atomic E-state index is 4.53. The van der Waals surface area contributed by atoms with Gasteiger partial charge in [-0.3, -0.25) is 0 Å². The lowest BCUT2D eigenvalue weighted by molar-refractivity contribution is 0.303. The van der Waals surface area contributed by atoms with Crippen molar-refractivity contribution < 1.29 is 0 Å². The van der Waals surface area contributed by atoms with Gasteiger partial charge in [0.15, 0.2) is 0 Å². The predicted octanol–water partition coefficient (Wildman–Crippen LogP) is 2.76. The molecule has 0 amide bonds. The quantitative estimate of drug-likeness (QED) is 0.510. The van der Waals surface area contributed by atoms with Gasteiger partial charge in [-0.05, 0) is 58.2 Å². The van der Waals surface area contributed by atoms with E-state index in [9.17, 15) is 0 Å². The topological polar surface area (TPSA) is 56.3 Å². The van der Waals surface area contributed by atoms with Gasteiger partial charge in [0.1, 0.15) is 5.82 Å². The fourth-order valence-electron chi connectivity index (χ4n) is 2.64. The molecular formula is C18H36N6. The van der Waals surface area contributed by atoms with Crippen LogP contribution in [-0.4, -0.2) is 72.1 Å². The van der Waals surface area contributed by atoms with E-state index < -0.39 is 0 Å². The summed E-state index contributed by atoms with van der Waals surface area (Å²) in [6, 6.07) is 1.93. The van der Waals surface area contributed by atoms with Gasteiger partial charge in [0.05, 0.1) is 0 Å². The normalized spacial score (nSPS) is 11.2. The summed E-state index contributed by atoms with van der Waals surface area (Å²) in [5.41, 5.74) is 0. The molecule has 0 fully saturated rings. The molecule has 0 aliphatic rings. The van der Waals surface area contributed by atoms with Gasteiger partial charge < -0.3 is 20.4 Å². The van der Waals surface area contributed by atoms with Crippen molar-refractivity contribution in [3.63, 3.8) is 0 Å². The molecular weight excluding hydrogens is 300 g/mol. The Hall–Kier alpha value is -1.40. The molecule has 0 atom stereocenters. The third kappa shape index (κ3) is 8.45. The summed E-state index contributed by atoms with van der Waals surface area (Å²) in [5.74, 6) is 1.61. The van der Waals surface area contributed by atoms with Gasteiger partial charge >= 0.3 is 0 Å². The van der Waals surface area contributed by atoms with E-state index in [0.29, 0.717) is 5.95 Å². The Morgan fingerprint density at radius 2 is 1.38 bits per heavy atom. The number of anilines is 2. The van der Waals surface area contributed by atoms with Gasteiger partial charge in [-0.2, -0.15) is 4.98 Å². The van der Waals surface area contributed by atoms with Crippen LogP contribution in [0.2, 0.25) is 0 Å². The van der Waals surface area contributed by atoms with Crippen LogP contribution in [0, 0.1) is 0 Å². The molecule has 24 heavy (non-hydrogen) atoms. The van der Waals surface area contributed by atoms with E-state index in [1.807, 2.05) is 12.3 Å². The first-order chi connectivity index (χ1) is 11.7. The Balaban J connectivity index is 2.25. The van der Waals surface area contributed by atoms with E-state index in [1.54, 1.807) is 0 Å². The summed E-state index contributed by atoms with van der Waals surface area (Å²) in [4.78, 5) is 13.7. The average Bonchev–Trinajstić information content (AvgIpc) is 2.62. The highest BCUT2D eigenvalue weighted by atomic mass is 15.1. The summed E-state index contributed by atoms with van der Waals surface area (Å²) < 4.78 is 0. The average molecular weight is 337 g/mol. The van der Waals surface area contributed by atoms with Crippen molar-refractivity contribution >= 4 is 11.8 Å². The molecule has 138 valence electrons. The van der Waals surface area contributed by atoms with Crippen LogP contribution in [-0.2, 0) is 0 Å². The van der Waals surface area contributed by atoms with Crippen LogP contribution in [0.3, 0.4) is 0 Å². The lowest BCUT2D eigenvalue weighted by Crippen LogP contribution is -2.25. The number of hydrogen-bond donors (Lipinski definition) is 2. The molecule has 1 rings (SSSR count). The third-order valence-corrected chi connectivity index (χ3v) is 4.34. The van der Waals surface area contributed by atoms with E-state index in [2.05, 4.69) is 58.1 Å². The highest BCUT2D eigenvalue weighted by Gasteiger charge is 2.02. The van der Waals surface area contributed by atoms with Crippen molar-refractivity contribution in [2.75, 3.05) is 63.0 Å². The Morgan fingerprint density at radius 1 is 0.833 bits per heavy atom. The first kappa shape index (κ1) is 20.6. The van der Waals surface area contributed by atoms with E-state index in [4.69, 9.17) is 0 Å². The number of rotatable bonds is 14. The molecule has 6 nitrogen and oxygen atoms in total. The molecule has 0 saturated heterocycles. The molecule has 6 heteroatoms. The highest BCUT2D eigenvalue weighted by molar-refractivity contribution is 5.39. The van der Waals surface area contributed by atoms with Crippen molar-refractivity contribution in [2.24, 2.45) is 0 Å². The number of nitrogens with one attached hydrogen (secondary N) is 2. The fourth-order valence-corrected chi connectivity index (χ4v) is 2.64. The zero-order valence-electron chi connectivity index (χ0n) is 16.0. The molecule has 0 spiro atoms. The molecule has 0 aliphatic carbocycles. The molecule has 0 radical (unpaired) electrons. The number of nitrogens with zero attached hydrogens (tertiary/aromatic N) is 4. The fraction of sp³-hybridized carbons (Fsp3) is 0.778. The third-order valence-electron chi connectivity index (χ3n) is 4.34. The lowest BCUT2D eigenvalue weighted by Gasteiger charge is -2.18. The molecule has 1 aromatic rings. The van der Waals surface area contributed by atoms with E-state index in [0.717, 1.165) is 71.0 Å². The summed E-state index contributed by atoms with van der Waals surface area (Å²) in [5, 5.41) is 6.71. The van der Waals surface area contributed by atoms with Gasteiger partial charge in [-0.1, -0.05) is 27.7 Å². The summed E-state index contributed by atoms with van der Waals surface area (Å²) in [7, 11) is 0. The van der Waals surface area contributed by atoms with Crippen LogP contribution >= 0.6 is 0 Å². The van der Waals surface area contributed by atoms with Gasteiger partial charge in [-0.15, -0.1) is 0 Å². The molecule has 0 aliphatic heterocycles. The second kappa shape index (κ2) is 13.0. The molecule has 1 aromatic heterocycles. The molecule has 0 bridgehead atoms. The van der Waals surface area contributed by atoms with Crippen molar-refractivity contribution in [2.45, 2.75) is 40.5 Å². The Bertz CT molecular complexity index is 382. The zero-order chi connectivity index (χ0) is 17.6. The maximum Gasteiger partial charge on any atom is 0.224 e. The minimum atomic E-state index is 0.711. The summed E-state index contributed by atoms with van der Waals surface area (Å²) in [6.45, 7) is 17.4. The van der Waals surface area contributed by atoms with Crippen molar-refractivity contribution in [1.82, 2.24) is 19.8 Å². The molecule has 0 aromatic carbocycles. The van der Waals surface area contributed by atoms with Gasteiger partial charge in [0, 0.05) is 19.3 Å².